The minimum absolute atomic E-state index is 0.0551. The molecule has 0 saturated heterocycles. The average Bonchev–Trinajstić information content (AvgIpc) is 2.67. The zero-order chi connectivity index (χ0) is 21.4. The first-order valence-corrected chi connectivity index (χ1v) is 11.3. The molecule has 2 aromatic carbocycles. The third kappa shape index (κ3) is 7.18. The quantitative estimate of drug-likeness (QED) is 0.554. The van der Waals surface area contributed by atoms with E-state index in [0.717, 1.165) is 16.8 Å². The van der Waals surface area contributed by atoms with Crippen LogP contribution in [0.1, 0.15) is 31.4 Å². The Morgan fingerprint density at radius 3 is 2.31 bits per heavy atom. The molecule has 0 spiro atoms. The van der Waals surface area contributed by atoms with E-state index in [1.54, 1.807) is 18.2 Å². The van der Waals surface area contributed by atoms with Crippen LogP contribution in [-0.4, -0.2) is 33.5 Å². The summed E-state index contributed by atoms with van der Waals surface area (Å²) in [4.78, 5) is 12.4. The molecule has 0 fully saturated rings. The van der Waals surface area contributed by atoms with Gasteiger partial charge >= 0.3 is 0 Å². The van der Waals surface area contributed by atoms with Crippen molar-refractivity contribution in [2.75, 3.05) is 18.4 Å². The van der Waals surface area contributed by atoms with E-state index in [0.29, 0.717) is 12.5 Å². The van der Waals surface area contributed by atoms with Crippen LogP contribution in [-0.2, 0) is 14.8 Å². The molecule has 1 amide bonds. The Morgan fingerprint density at radius 1 is 1.00 bits per heavy atom. The summed E-state index contributed by atoms with van der Waals surface area (Å²) in [5.74, 6) is 0.132. The van der Waals surface area contributed by atoms with Crippen LogP contribution < -0.4 is 15.4 Å². The number of benzene rings is 2. The highest BCUT2D eigenvalue weighted by atomic mass is 32.2. The third-order valence-electron chi connectivity index (χ3n) is 4.88. The number of carbonyl (C=O) groups is 1. The molecule has 0 heterocycles. The number of hydrogen-bond acceptors (Lipinski definition) is 4. The van der Waals surface area contributed by atoms with Crippen molar-refractivity contribution in [1.29, 1.82) is 0 Å². The molecule has 2 aromatic rings. The Kier molecular flexibility index (Phi) is 8.22. The largest absolute Gasteiger partial charge is 0.380 e. The topological polar surface area (TPSA) is 87.3 Å². The number of carbonyl (C=O) groups excluding carboxylic acids is 1. The standard InChI is InChI=1S/C22H31N3O3S/c1-16(2)21(25-19-8-6-5-7-9-19)15-23-22(26)12-13-24-29(27,28)20-11-10-17(3)18(4)14-20/h5-11,14,16,21,24-25H,12-13,15H2,1-4H3,(H,23,26). The summed E-state index contributed by atoms with van der Waals surface area (Å²) in [6, 6.07) is 14.9. The molecule has 29 heavy (non-hydrogen) atoms. The Morgan fingerprint density at radius 2 is 1.69 bits per heavy atom. The molecule has 0 aliphatic heterocycles. The van der Waals surface area contributed by atoms with Crippen molar-refractivity contribution in [3.63, 3.8) is 0 Å². The van der Waals surface area contributed by atoms with Gasteiger partial charge < -0.3 is 10.6 Å². The first-order valence-electron chi connectivity index (χ1n) is 9.84. The summed E-state index contributed by atoms with van der Waals surface area (Å²) >= 11 is 0. The maximum absolute atomic E-state index is 12.4. The average molecular weight is 418 g/mol. The summed E-state index contributed by atoms with van der Waals surface area (Å²) in [7, 11) is -3.62. The highest BCUT2D eigenvalue weighted by Crippen LogP contribution is 2.14. The molecular weight excluding hydrogens is 386 g/mol. The van der Waals surface area contributed by atoms with E-state index >= 15 is 0 Å². The summed E-state index contributed by atoms with van der Waals surface area (Å²) in [5, 5.41) is 6.31. The minimum atomic E-state index is -3.62. The highest BCUT2D eigenvalue weighted by Gasteiger charge is 2.17. The van der Waals surface area contributed by atoms with Crippen molar-refractivity contribution in [2.45, 2.75) is 45.1 Å². The van der Waals surface area contributed by atoms with Crippen LogP contribution >= 0.6 is 0 Å². The lowest BCUT2D eigenvalue weighted by Crippen LogP contribution is -2.40. The maximum Gasteiger partial charge on any atom is 0.240 e. The van der Waals surface area contributed by atoms with E-state index in [4.69, 9.17) is 0 Å². The van der Waals surface area contributed by atoms with Gasteiger partial charge in [0.1, 0.15) is 0 Å². The van der Waals surface area contributed by atoms with Crippen LogP contribution in [0.2, 0.25) is 0 Å². The van der Waals surface area contributed by atoms with Gasteiger partial charge in [-0.15, -0.1) is 0 Å². The Balaban J connectivity index is 1.81. The van der Waals surface area contributed by atoms with Gasteiger partial charge in [0.25, 0.3) is 0 Å². The van der Waals surface area contributed by atoms with Crippen molar-refractivity contribution in [1.82, 2.24) is 10.0 Å². The molecule has 7 heteroatoms. The van der Waals surface area contributed by atoms with E-state index in [1.807, 2.05) is 44.2 Å². The van der Waals surface area contributed by atoms with Crippen LogP contribution in [0.25, 0.3) is 0 Å². The maximum atomic E-state index is 12.4. The van der Waals surface area contributed by atoms with Crippen LogP contribution in [0.3, 0.4) is 0 Å². The lowest BCUT2D eigenvalue weighted by Gasteiger charge is -2.24. The predicted octanol–water partition coefficient (Wildman–Crippen LogP) is 3.22. The monoisotopic (exact) mass is 417 g/mol. The zero-order valence-corrected chi connectivity index (χ0v) is 18.3. The van der Waals surface area contributed by atoms with Gasteiger partial charge in [-0.2, -0.15) is 0 Å². The van der Waals surface area contributed by atoms with Crippen molar-refractivity contribution in [3.8, 4) is 0 Å². The highest BCUT2D eigenvalue weighted by molar-refractivity contribution is 7.89. The molecule has 0 radical (unpaired) electrons. The molecule has 1 unspecified atom stereocenters. The molecule has 0 aromatic heterocycles. The van der Waals surface area contributed by atoms with Crippen molar-refractivity contribution in [3.05, 3.63) is 59.7 Å². The van der Waals surface area contributed by atoms with E-state index in [2.05, 4.69) is 29.2 Å². The number of aryl methyl sites for hydroxylation is 2. The van der Waals surface area contributed by atoms with Crippen LogP contribution in [0.15, 0.2) is 53.4 Å². The number of amides is 1. The summed E-state index contributed by atoms with van der Waals surface area (Å²) < 4.78 is 27.3. The van der Waals surface area contributed by atoms with Gasteiger partial charge in [-0.3, -0.25) is 4.79 Å². The molecule has 0 aliphatic carbocycles. The Bertz CT molecular complexity index is 912. The van der Waals surface area contributed by atoms with Gasteiger partial charge in [0, 0.05) is 31.2 Å². The Hall–Kier alpha value is -2.38. The zero-order valence-electron chi connectivity index (χ0n) is 17.5. The molecule has 3 N–H and O–H groups in total. The number of rotatable bonds is 10. The van der Waals surface area contributed by atoms with Gasteiger partial charge in [0.2, 0.25) is 15.9 Å². The second kappa shape index (κ2) is 10.4. The van der Waals surface area contributed by atoms with E-state index in [1.165, 1.54) is 0 Å². The van der Waals surface area contributed by atoms with Crippen LogP contribution in [0, 0.1) is 19.8 Å². The smallest absolute Gasteiger partial charge is 0.240 e. The van der Waals surface area contributed by atoms with Gasteiger partial charge in [0.15, 0.2) is 0 Å². The lowest BCUT2D eigenvalue weighted by atomic mass is 10.0. The van der Waals surface area contributed by atoms with Gasteiger partial charge in [-0.25, -0.2) is 13.1 Å². The molecule has 158 valence electrons. The molecular formula is C22H31N3O3S. The molecule has 6 nitrogen and oxygen atoms in total. The summed E-state index contributed by atoms with van der Waals surface area (Å²) in [6.45, 7) is 8.50. The van der Waals surface area contributed by atoms with Gasteiger partial charge in [0.05, 0.1) is 4.90 Å². The molecule has 0 saturated carbocycles. The first-order chi connectivity index (χ1) is 13.7. The van der Waals surface area contributed by atoms with Crippen molar-refractivity contribution in [2.24, 2.45) is 5.92 Å². The molecule has 2 rings (SSSR count). The van der Waals surface area contributed by atoms with Gasteiger partial charge in [-0.05, 0) is 55.2 Å². The summed E-state index contributed by atoms with van der Waals surface area (Å²) in [6.07, 6.45) is 0.0836. The van der Waals surface area contributed by atoms with E-state index < -0.39 is 10.0 Å². The van der Waals surface area contributed by atoms with Crippen LogP contribution in [0.5, 0.6) is 0 Å². The fourth-order valence-corrected chi connectivity index (χ4v) is 3.89. The van der Waals surface area contributed by atoms with Crippen LogP contribution in [0.4, 0.5) is 5.69 Å². The molecule has 1 atom stereocenters. The Labute approximate surface area is 174 Å². The summed E-state index contributed by atoms with van der Waals surface area (Å²) in [5.41, 5.74) is 2.95. The first kappa shape index (κ1) is 22.9. The second-order valence-electron chi connectivity index (χ2n) is 7.56. The minimum Gasteiger partial charge on any atom is -0.380 e. The molecule has 0 bridgehead atoms. The van der Waals surface area contributed by atoms with Gasteiger partial charge in [-0.1, -0.05) is 38.1 Å². The SMILES string of the molecule is Cc1ccc(S(=O)(=O)NCCC(=O)NCC(Nc2ccccc2)C(C)C)cc1C. The fraction of sp³-hybridized carbons (Fsp3) is 0.409. The van der Waals surface area contributed by atoms with Crippen molar-refractivity contribution >= 4 is 21.6 Å². The normalized spacial score (nSPS) is 12.6. The number of sulfonamides is 1. The van der Waals surface area contributed by atoms with E-state index in [9.17, 15) is 13.2 Å². The number of anilines is 1. The third-order valence-corrected chi connectivity index (χ3v) is 6.34. The fourth-order valence-electron chi connectivity index (χ4n) is 2.78. The second-order valence-corrected chi connectivity index (χ2v) is 9.33. The van der Waals surface area contributed by atoms with Crippen molar-refractivity contribution < 1.29 is 13.2 Å². The lowest BCUT2D eigenvalue weighted by molar-refractivity contribution is -0.121. The van der Waals surface area contributed by atoms with E-state index in [-0.39, 0.29) is 29.8 Å². The molecule has 0 aliphatic rings. The number of para-hydroxylation sites is 1. The number of hydrogen-bond donors (Lipinski definition) is 3. The number of nitrogens with one attached hydrogen (secondary N) is 3. The predicted molar refractivity (Wildman–Crippen MR) is 117 cm³/mol.